The van der Waals surface area contributed by atoms with E-state index in [2.05, 4.69) is 20.3 Å². The van der Waals surface area contributed by atoms with Gasteiger partial charge in [0.15, 0.2) is 6.61 Å². The first-order valence-electron chi connectivity index (χ1n) is 11.7. The van der Waals surface area contributed by atoms with Crippen LogP contribution in [0.2, 0.25) is 0 Å². The molecule has 1 aliphatic heterocycles. The molecule has 4 heterocycles. The standard InChI is InChI=1S/C24H30F2N6O3/c1-5-32-16(3)18-11-17(20(34-4)12-28-18)19-13-31-10-9-27-21(31)22(30-19)35-14-24(25,26)8-6-7-15(2)29-23(32)33/h9-13,15-16H,5-8,14H2,1-4H3,(H,29,33)/t15-,16+/m0/s1. The maximum Gasteiger partial charge on any atom is 0.318 e. The number of ether oxygens (including phenoxy) is 2. The number of nitrogens with zero attached hydrogens (tertiary/aromatic N) is 5. The van der Waals surface area contributed by atoms with E-state index < -0.39 is 12.5 Å². The van der Waals surface area contributed by atoms with E-state index in [0.717, 1.165) is 0 Å². The predicted octanol–water partition coefficient (Wildman–Crippen LogP) is 4.48. The normalized spacial score (nSPS) is 21.2. The summed E-state index contributed by atoms with van der Waals surface area (Å²) in [6.07, 6.45) is 6.80. The minimum absolute atomic E-state index is 0.00496. The summed E-state index contributed by atoms with van der Waals surface area (Å²) in [5.74, 6) is -2.61. The zero-order valence-electron chi connectivity index (χ0n) is 20.3. The van der Waals surface area contributed by atoms with Crippen LogP contribution in [0.1, 0.15) is 51.8 Å². The maximum absolute atomic E-state index is 14.6. The van der Waals surface area contributed by atoms with Crippen LogP contribution in [0.15, 0.2) is 30.9 Å². The number of hydrogen-bond acceptors (Lipinski definition) is 6. The number of pyridine rings is 1. The third kappa shape index (κ3) is 5.28. The van der Waals surface area contributed by atoms with Crippen LogP contribution in [-0.4, -0.2) is 62.5 Å². The van der Waals surface area contributed by atoms with Crippen molar-refractivity contribution in [2.24, 2.45) is 0 Å². The summed E-state index contributed by atoms with van der Waals surface area (Å²) in [7, 11) is 1.51. The smallest absolute Gasteiger partial charge is 0.318 e. The van der Waals surface area contributed by atoms with Gasteiger partial charge >= 0.3 is 6.03 Å². The maximum atomic E-state index is 14.6. The highest BCUT2D eigenvalue weighted by Gasteiger charge is 2.31. The van der Waals surface area contributed by atoms with Crippen molar-refractivity contribution in [2.45, 2.75) is 58.0 Å². The van der Waals surface area contributed by atoms with E-state index in [0.29, 0.717) is 41.3 Å². The van der Waals surface area contributed by atoms with E-state index in [1.54, 1.807) is 40.2 Å². The molecule has 0 spiro atoms. The third-order valence-corrected chi connectivity index (χ3v) is 6.19. The highest BCUT2D eigenvalue weighted by Crippen LogP contribution is 2.34. The Bertz CT molecular complexity index is 1200. The second-order valence-corrected chi connectivity index (χ2v) is 8.75. The minimum Gasteiger partial charge on any atom is -0.494 e. The van der Waals surface area contributed by atoms with Gasteiger partial charge in [0.2, 0.25) is 5.65 Å². The fourth-order valence-corrected chi connectivity index (χ4v) is 4.21. The van der Waals surface area contributed by atoms with Gasteiger partial charge in [-0.25, -0.2) is 23.5 Å². The molecule has 3 aromatic rings. The van der Waals surface area contributed by atoms with Crippen LogP contribution in [0, 0.1) is 0 Å². The number of amides is 2. The van der Waals surface area contributed by atoms with E-state index >= 15 is 0 Å². The highest BCUT2D eigenvalue weighted by atomic mass is 19.3. The fourth-order valence-electron chi connectivity index (χ4n) is 4.21. The van der Waals surface area contributed by atoms with Crippen LogP contribution < -0.4 is 14.8 Å². The number of aromatic nitrogens is 4. The van der Waals surface area contributed by atoms with Crippen molar-refractivity contribution < 1.29 is 23.0 Å². The molecular weight excluding hydrogens is 458 g/mol. The summed E-state index contributed by atoms with van der Waals surface area (Å²) in [4.78, 5) is 27.9. The number of halogens is 2. The lowest BCUT2D eigenvalue weighted by molar-refractivity contribution is -0.0503. The van der Waals surface area contributed by atoms with Gasteiger partial charge in [-0.1, -0.05) is 0 Å². The molecular formula is C24H30F2N6O3. The topological polar surface area (TPSA) is 93.9 Å². The van der Waals surface area contributed by atoms with Crippen molar-refractivity contribution in [1.82, 2.24) is 29.6 Å². The molecule has 4 bridgehead atoms. The predicted molar refractivity (Wildman–Crippen MR) is 126 cm³/mol. The number of hydrogen-bond donors (Lipinski definition) is 1. The van der Waals surface area contributed by atoms with Gasteiger partial charge < -0.3 is 24.1 Å². The van der Waals surface area contributed by atoms with Gasteiger partial charge in [0.05, 0.1) is 30.7 Å². The van der Waals surface area contributed by atoms with Gasteiger partial charge in [-0.05, 0) is 39.7 Å². The van der Waals surface area contributed by atoms with Gasteiger partial charge in [0.25, 0.3) is 11.8 Å². The average molecular weight is 489 g/mol. The molecule has 4 rings (SSSR count). The Hall–Kier alpha value is -3.50. The second-order valence-electron chi connectivity index (χ2n) is 8.75. The second kappa shape index (κ2) is 10.0. The van der Waals surface area contributed by atoms with Crippen molar-refractivity contribution >= 4 is 11.7 Å². The van der Waals surface area contributed by atoms with Crippen molar-refractivity contribution in [1.29, 1.82) is 0 Å². The molecule has 0 saturated heterocycles. The summed E-state index contributed by atoms with van der Waals surface area (Å²) >= 11 is 0. The number of methoxy groups -OCH3 is 1. The summed E-state index contributed by atoms with van der Waals surface area (Å²) < 4.78 is 42.0. The SMILES string of the molecule is CCN1C(=O)N[C@@H](C)CCCC(F)(F)COc2nc(cn3ccnc23)-c2cc(ncc2OC)[C@H]1C. The summed E-state index contributed by atoms with van der Waals surface area (Å²) in [6, 6.07) is 0.900. The van der Waals surface area contributed by atoms with Crippen LogP contribution >= 0.6 is 0 Å². The largest absolute Gasteiger partial charge is 0.494 e. The molecule has 0 aliphatic carbocycles. The molecule has 2 atom stereocenters. The van der Waals surface area contributed by atoms with Gasteiger partial charge in [-0.15, -0.1) is 0 Å². The molecule has 0 radical (unpaired) electrons. The zero-order chi connectivity index (χ0) is 25.2. The summed E-state index contributed by atoms with van der Waals surface area (Å²) in [5, 5.41) is 2.92. The van der Waals surface area contributed by atoms with Crippen LogP contribution in [0.25, 0.3) is 16.9 Å². The number of fused-ring (bicyclic) bond motifs is 7. The van der Waals surface area contributed by atoms with Crippen LogP contribution in [-0.2, 0) is 0 Å². The number of alkyl halides is 2. The molecule has 0 saturated carbocycles. The number of carbonyl (C=O) groups is 1. The lowest BCUT2D eigenvalue weighted by atomic mass is 10.1. The van der Waals surface area contributed by atoms with E-state index in [9.17, 15) is 13.6 Å². The van der Waals surface area contributed by atoms with E-state index in [4.69, 9.17) is 9.47 Å². The van der Waals surface area contributed by atoms with Crippen LogP contribution in [0.3, 0.4) is 0 Å². The molecule has 1 aliphatic rings. The molecule has 188 valence electrons. The molecule has 0 unspecified atom stereocenters. The highest BCUT2D eigenvalue weighted by molar-refractivity contribution is 5.75. The summed E-state index contributed by atoms with van der Waals surface area (Å²) in [6.45, 7) is 5.20. The van der Waals surface area contributed by atoms with Crippen molar-refractivity contribution in [3.05, 3.63) is 36.5 Å². The Labute approximate surface area is 202 Å². The number of urea groups is 1. The number of carbonyl (C=O) groups excluding carboxylic acids is 1. The van der Waals surface area contributed by atoms with Gasteiger partial charge in [-0.2, -0.15) is 0 Å². The number of nitrogens with one attached hydrogen (secondary N) is 1. The first-order valence-corrected chi connectivity index (χ1v) is 11.7. The van der Waals surface area contributed by atoms with Crippen molar-refractivity contribution in [3.63, 3.8) is 0 Å². The van der Waals surface area contributed by atoms with E-state index in [-0.39, 0.29) is 36.8 Å². The lowest BCUT2D eigenvalue weighted by Crippen LogP contribution is -2.45. The molecule has 35 heavy (non-hydrogen) atoms. The fraction of sp³-hybridized carbons (Fsp3) is 0.500. The Morgan fingerprint density at radius 3 is 2.86 bits per heavy atom. The first-order chi connectivity index (χ1) is 16.7. The first kappa shape index (κ1) is 24.6. The van der Waals surface area contributed by atoms with Crippen molar-refractivity contribution in [3.8, 4) is 22.9 Å². The summed E-state index contributed by atoms with van der Waals surface area (Å²) in [5.41, 5.74) is 2.00. The van der Waals surface area contributed by atoms with Gasteiger partial charge in [-0.3, -0.25) is 4.98 Å². The molecule has 2 amide bonds. The molecule has 11 heteroatoms. The average Bonchev–Trinajstić information content (AvgIpc) is 3.30. The quantitative estimate of drug-likeness (QED) is 0.572. The van der Waals surface area contributed by atoms with E-state index in [1.807, 2.05) is 20.8 Å². The van der Waals surface area contributed by atoms with E-state index in [1.165, 1.54) is 7.11 Å². The molecule has 1 N–H and O–H groups in total. The Balaban J connectivity index is 1.84. The Morgan fingerprint density at radius 1 is 1.31 bits per heavy atom. The number of rotatable bonds is 2. The van der Waals surface area contributed by atoms with Crippen LogP contribution in [0.4, 0.5) is 13.6 Å². The van der Waals surface area contributed by atoms with Crippen molar-refractivity contribution in [2.75, 3.05) is 20.3 Å². The van der Waals surface area contributed by atoms with Gasteiger partial charge in [0.1, 0.15) is 5.75 Å². The minimum atomic E-state index is -3.07. The monoisotopic (exact) mass is 488 g/mol. The third-order valence-electron chi connectivity index (χ3n) is 6.19. The van der Waals surface area contributed by atoms with Crippen LogP contribution in [0.5, 0.6) is 11.6 Å². The Morgan fingerprint density at radius 2 is 2.11 bits per heavy atom. The molecule has 9 nitrogen and oxygen atoms in total. The molecule has 0 fully saturated rings. The lowest BCUT2D eigenvalue weighted by Gasteiger charge is -2.29. The number of imidazole rings is 1. The molecule has 3 aromatic heterocycles. The zero-order valence-corrected chi connectivity index (χ0v) is 20.3. The Kier molecular flexibility index (Phi) is 7.04. The van der Waals surface area contributed by atoms with Gasteiger partial charge in [0, 0.05) is 43.2 Å². The molecule has 0 aromatic carbocycles.